The van der Waals surface area contributed by atoms with Crippen LogP contribution in [0.4, 0.5) is 13.2 Å². The van der Waals surface area contributed by atoms with Gasteiger partial charge in [0.15, 0.2) is 0 Å². The summed E-state index contributed by atoms with van der Waals surface area (Å²) in [6, 6.07) is 7.82. The van der Waals surface area contributed by atoms with Crippen molar-refractivity contribution in [3.8, 4) is 5.75 Å². The van der Waals surface area contributed by atoms with E-state index in [1.54, 1.807) is 21.0 Å². The monoisotopic (exact) mass is 475 g/mol. The summed E-state index contributed by atoms with van der Waals surface area (Å²) >= 11 is 0. The van der Waals surface area contributed by atoms with Crippen LogP contribution in [-0.2, 0) is 17.4 Å². The van der Waals surface area contributed by atoms with Crippen LogP contribution >= 0.6 is 0 Å². The average Bonchev–Trinajstić information content (AvgIpc) is 3.09. The largest absolute Gasteiger partial charge is 0.497 e. The van der Waals surface area contributed by atoms with E-state index in [2.05, 4.69) is 15.1 Å². The van der Waals surface area contributed by atoms with Gasteiger partial charge in [-0.2, -0.15) is 18.2 Å². The Hall–Kier alpha value is -3.17. The fraction of sp³-hybridized carbons (Fsp3) is 0.500. The van der Waals surface area contributed by atoms with E-state index in [1.165, 1.54) is 0 Å². The summed E-state index contributed by atoms with van der Waals surface area (Å²) in [4.78, 5) is 23.0. The van der Waals surface area contributed by atoms with Gasteiger partial charge in [0, 0.05) is 24.4 Å². The molecule has 1 saturated heterocycles. The Morgan fingerprint density at radius 1 is 1.12 bits per heavy atom. The number of fused-ring (bicyclic) bond motifs is 1. The van der Waals surface area contributed by atoms with Gasteiger partial charge in [-0.25, -0.2) is 9.50 Å². The lowest BCUT2D eigenvalue weighted by atomic mass is 9.99. The van der Waals surface area contributed by atoms with Crippen molar-refractivity contribution in [3.63, 3.8) is 0 Å². The first kappa shape index (κ1) is 24.0. The summed E-state index contributed by atoms with van der Waals surface area (Å²) in [5, 5.41) is 3.59. The zero-order valence-corrected chi connectivity index (χ0v) is 19.5. The maximum atomic E-state index is 13.4. The second-order valence-corrected chi connectivity index (χ2v) is 8.63. The van der Waals surface area contributed by atoms with E-state index in [0.29, 0.717) is 24.4 Å². The number of methoxy groups -OCH3 is 1. The number of likely N-dealkylation sites (tertiary alicyclic amines) is 1. The Morgan fingerprint density at radius 2 is 1.85 bits per heavy atom. The van der Waals surface area contributed by atoms with Crippen LogP contribution in [-0.4, -0.2) is 44.0 Å². The molecule has 0 saturated carbocycles. The summed E-state index contributed by atoms with van der Waals surface area (Å²) in [6.45, 7) is 4.09. The quantitative estimate of drug-likeness (QED) is 0.528. The van der Waals surface area contributed by atoms with Crippen molar-refractivity contribution in [1.29, 1.82) is 0 Å². The highest BCUT2D eigenvalue weighted by molar-refractivity contribution is 5.77. The number of ether oxygens (including phenoxy) is 1. The average molecular weight is 476 g/mol. The number of benzene rings is 1. The van der Waals surface area contributed by atoms with Crippen LogP contribution in [0.15, 0.2) is 24.3 Å². The number of nitrogens with zero attached hydrogens (tertiary/aromatic N) is 5. The van der Waals surface area contributed by atoms with Gasteiger partial charge >= 0.3 is 6.18 Å². The van der Waals surface area contributed by atoms with Gasteiger partial charge < -0.3 is 9.64 Å². The zero-order chi connectivity index (χ0) is 24.5. The van der Waals surface area contributed by atoms with E-state index in [-0.39, 0.29) is 24.1 Å². The third-order valence-corrected chi connectivity index (χ3v) is 6.47. The lowest BCUT2D eigenvalue weighted by molar-refractivity contribution is -0.144. The van der Waals surface area contributed by atoms with Crippen LogP contribution in [0.5, 0.6) is 5.75 Å². The minimum absolute atomic E-state index is 0.00614. The summed E-state index contributed by atoms with van der Waals surface area (Å²) in [5.41, 5.74) is 2.87. The van der Waals surface area contributed by atoms with Crippen molar-refractivity contribution in [2.75, 3.05) is 13.7 Å². The smallest absolute Gasteiger partial charge is 0.453 e. The van der Waals surface area contributed by atoms with Crippen LogP contribution in [0.3, 0.4) is 0 Å². The van der Waals surface area contributed by atoms with Gasteiger partial charge in [-0.3, -0.25) is 4.79 Å². The number of hydrogen-bond acceptors (Lipinski definition) is 5. The molecule has 1 aromatic carbocycles. The Labute approximate surface area is 196 Å². The third-order valence-electron chi connectivity index (χ3n) is 6.47. The van der Waals surface area contributed by atoms with Gasteiger partial charge in [0.2, 0.25) is 5.91 Å². The molecule has 1 aliphatic rings. The maximum absolute atomic E-state index is 13.4. The molecule has 7 nitrogen and oxygen atoms in total. The molecule has 2 aromatic heterocycles. The van der Waals surface area contributed by atoms with E-state index in [1.807, 2.05) is 29.2 Å². The van der Waals surface area contributed by atoms with Gasteiger partial charge in [-0.1, -0.05) is 25.0 Å². The van der Waals surface area contributed by atoms with Crippen molar-refractivity contribution >= 4 is 11.7 Å². The second-order valence-electron chi connectivity index (χ2n) is 8.63. The van der Waals surface area contributed by atoms with Crippen molar-refractivity contribution < 1.29 is 22.7 Å². The highest BCUT2D eigenvalue weighted by Gasteiger charge is 2.37. The predicted octanol–water partition coefficient (Wildman–Crippen LogP) is 4.85. The molecule has 34 heavy (non-hydrogen) atoms. The molecule has 1 fully saturated rings. The fourth-order valence-corrected chi connectivity index (χ4v) is 4.65. The minimum Gasteiger partial charge on any atom is -0.497 e. The van der Waals surface area contributed by atoms with Gasteiger partial charge in [-0.05, 0) is 56.4 Å². The zero-order valence-electron chi connectivity index (χ0n) is 19.5. The second kappa shape index (κ2) is 9.60. The molecule has 4 rings (SSSR count). The molecule has 3 aromatic rings. The lowest BCUT2D eigenvalue weighted by Gasteiger charge is -2.31. The molecular formula is C24H28F3N5O2. The highest BCUT2D eigenvalue weighted by atomic mass is 19.4. The maximum Gasteiger partial charge on any atom is 0.453 e. The van der Waals surface area contributed by atoms with Crippen molar-refractivity contribution in [3.05, 3.63) is 52.6 Å². The van der Waals surface area contributed by atoms with Gasteiger partial charge in [0.1, 0.15) is 5.75 Å². The highest BCUT2D eigenvalue weighted by Crippen LogP contribution is 2.32. The first-order valence-corrected chi connectivity index (χ1v) is 11.4. The molecule has 3 heterocycles. The third kappa shape index (κ3) is 4.85. The van der Waals surface area contributed by atoms with Gasteiger partial charge in [-0.15, -0.1) is 5.10 Å². The van der Waals surface area contributed by atoms with E-state index in [0.717, 1.165) is 47.1 Å². The number of aromatic nitrogens is 4. The van der Waals surface area contributed by atoms with Crippen LogP contribution in [0.25, 0.3) is 5.78 Å². The molecule has 1 aliphatic heterocycles. The topological polar surface area (TPSA) is 72.6 Å². The van der Waals surface area contributed by atoms with Crippen LogP contribution in [0.1, 0.15) is 66.5 Å². The van der Waals surface area contributed by atoms with E-state index in [4.69, 9.17) is 4.74 Å². The number of hydrogen-bond donors (Lipinski definition) is 0. The molecule has 1 amide bonds. The molecule has 0 aliphatic carbocycles. The molecule has 0 N–H and O–H groups in total. The number of aryl methyl sites for hydroxylation is 2. The summed E-state index contributed by atoms with van der Waals surface area (Å²) in [5.74, 6) is -0.519. The molecule has 10 heteroatoms. The van der Waals surface area contributed by atoms with Crippen molar-refractivity contribution in [1.82, 2.24) is 24.5 Å². The predicted molar refractivity (Wildman–Crippen MR) is 119 cm³/mol. The number of amides is 1. The first-order valence-electron chi connectivity index (χ1n) is 11.4. The standard InChI is InChI=1S/C24H28F3N5O2/c1-15-19(16(2)32-23(28-15)29-22(30-32)24(25,26)27)12-13-21(33)31-14-6-4-5-7-20(31)17-8-10-18(34-3)11-9-17/h8-11,20H,4-7,12-14H2,1-3H3/t20-/m1/s1. The Kier molecular flexibility index (Phi) is 6.77. The Morgan fingerprint density at radius 3 is 2.53 bits per heavy atom. The normalized spacial score (nSPS) is 17.1. The molecule has 0 radical (unpaired) electrons. The van der Waals surface area contributed by atoms with E-state index < -0.39 is 12.0 Å². The first-order chi connectivity index (χ1) is 16.2. The van der Waals surface area contributed by atoms with Gasteiger partial charge in [0.25, 0.3) is 11.6 Å². The lowest BCUT2D eigenvalue weighted by Crippen LogP contribution is -2.35. The molecular weight excluding hydrogens is 447 g/mol. The Bertz CT molecular complexity index is 1170. The number of rotatable bonds is 5. The minimum atomic E-state index is -4.65. The number of carbonyl (C=O) groups is 1. The molecule has 0 bridgehead atoms. The SMILES string of the molecule is COc1ccc([C@H]2CCCCCN2C(=O)CCc2c(C)nc3nc(C(F)(F)F)nn3c2C)cc1. The van der Waals surface area contributed by atoms with Crippen LogP contribution in [0, 0.1) is 13.8 Å². The van der Waals surface area contributed by atoms with E-state index in [9.17, 15) is 18.0 Å². The Balaban J connectivity index is 1.55. The molecule has 1 atom stereocenters. The van der Waals surface area contributed by atoms with Crippen LogP contribution < -0.4 is 4.74 Å². The summed E-state index contributed by atoms with van der Waals surface area (Å²) in [7, 11) is 1.62. The van der Waals surface area contributed by atoms with Crippen LogP contribution in [0.2, 0.25) is 0 Å². The van der Waals surface area contributed by atoms with Crippen molar-refractivity contribution in [2.45, 2.75) is 64.6 Å². The number of halogens is 3. The van der Waals surface area contributed by atoms with E-state index >= 15 is 0 Å². The number of alkyl halides is 3. The summed E-state index contributed by atoms with van der Waals surface area (Å²) in [6.07, 6.45) is -0.0790. The molecule has 0 spiro atoms. The molecule has 0 unspecified atom stereocenters. The summed E-state index contributed by atoms with van der Waals surface area (Å²) < 4.78 is 45.5. The molecule has 182 valence electrons. The van der Waals surface area contributed by atoms with Gasteiger partial charge in [0.05, 0.1) is 13.2 Å². The van der Waals surface area contributed by atoms with Crippen molar-refractivity contribution in [2.24, 2.45) is 0 Å². The number of carbonyl (C=O) groups excluding carboxylic acids is 1. The fourth-order valence-electron chi connectivity index (χ4n) is 4.65.